The lowest BCUT2D eigenvalue weighted by atomic mass is 9.95. The standard InChI is InChI=1S/C23H28INO4S/c1-4-11-29-21-17(24)12-15(13-18(21)27-5-2)14-25-22-20(23(26)28-6-3)16-9-7-8-10-19(16)30-22/h12-14H,4-11H2,1-3H3. The number of aryl methyl sites for hydroxylation is 1. The zero-order valence-corrected chi connectivity index (χ0v) is 20.7. The van der Waals surface area contributed by atoms with Crippen LogP contribution in [0.3, 0.4) is 0 Å². The number of aliphatic imine (C=N–C) groups is 1. The van der Waals surface area contributed by atoms with Crippen molar-refractivity contribution in [2.45, 2.75) is 52.9 Å². The molecule has 0 aliphatic heterocycles. The molecule has 3 rings (SSSR count). The summed E-state index contributed by atoms with van der Waals surface area (Å²) in [6.45, 7) is 7.44. The van der Waals surface area contributed by atoms with Crippen LogP contribution in [0.15, 0.2) is 17.1 Å². The monoisotopic (exact) mass is 541 g/mol. The third-order valence-corrected chi connectivity index (χ3v) is 6.75. The minimum atomic E-state index is -0.267. The Morgan fingerprint density at radius 2 is 1.97 bits per heavy atom. The first kappa shape index (κ1) is 23.1. The molecule has 162 valence electrons. The van der Waals surface area contributed by atoms with E-state index in [0.29, 0.717) is 25.4 Å². The molecule has 1 aromatic heterocycles. The number of hydrogen-bond acceptors (Lipinski definition) is 6. The third-order valence-electron chi connectivity index (χ3n) is 4.75. The van der Waals surface area contributed by atoms with Crippen molar-refractivity contribution in [3.63, 3.8) is 0 Å². The number of benzene rings is 1. The minimum absolute atomic E-state index is 0.267. The number of rotatable bonds is 9. The van der Waals surface area contributed by atoms with E-state index in [-0.39, 0.29) is 5.97 Å². The zero-order chi connectivity index (χ0) is 21.5. The highest BCUT2D eigenvalue weighted by atomic mass is 127. The van der Waals surface area contributed by atoms with Crippen molar-refractivity contribution in [1.82, 2.24) is 0 Å². The largest absolute Gasteiger partial charge is 0.490 e. The van der Waals surface area contributed by atoms with Gasteiger partial charge in [-0.25, -0.2) is 9.79 Å². The normalized spacial score (nSPS) is 13.3. The van der Waals surface area contributed by atoms with E-state index in [1.807, 2.05) is 26.0 Å². The molecule has 0 spiro atoms. The first-order valence-electron chi connectivity index (χ1n) is 10.5. The molecule has 2 aromatic rings. The maximum atomic E-state index is 12.6. The highest BCUT2D eigenvalue weighted by Gasteiger charge is 2.26. The molecule has 0 radical (unpaired) electrons. The lowest BCUT2D eigenvalue weighted by molar-refractivity contribution is 0.0526. The van der Waals surface area contributed by atoms with Gasteiger partial charge in [0.2, 0.25) is 0 Å². The van der Waals surface area contributed by atoms with Gasteiger partial charge < -0.3 is 14.2 Å². The summed E-state index contributed by atoms with van der Waals surface area (Å²) in [6, 6.07) is 3.97. The molecule has 0 atom stereocenters. The Hall–Kier alpha value is -1.61. The molecule has 1 heterocycles. The Balaban J connectivity index is 1.95. The van der Waals surface area contributed by atoms with E-state index < -0.39 is 0 Å². The maximum Gasteiger partial charge on any atom is 0.341 e. The molecule has 0 N–H and O–H groups in total. The molecule has 0 unspecified atom stereocenters. The summed E-state index contributed by atoms with van der Waals surface area (Å²) in [4.78, 5) is 18.6. The summed E-state index contributed by atoms with van der Waals surface area (Å²) in [5.41, 5.74) is 2.69. The fourth-order valence-electron chi connectivity index (χ4n) is 3.46. The number of hydrogen-bond donors (Lipinski definition) is 0. The predicted molar refractivity (Wildman–Crippen MR) is 130 cm³/mol. The summed E-state index contributed by atoms with van der Waals surface area (Å²) in [7, 11) is 0. The van der Waals surface area contributed by atoms with Gasteiger partial charge in [0.15, 0.2) is 11.5 Å². The summed E-state index contributed by atoms with van der Waals surface area (Å²) in [5.74, 6) is 1.22. The molecule has 7 heteroatoms. The van der Waals surface area contributed by atoms with Gasteiger partial charge in [-0.2, -0.15) is 0 Å². The van der Waals surface area contributed by atoms with Crippen molar-refractivity contribution in [3.8, 4) is 11.5 Å². The fraction of sp³-hybridized carbons (Fsp3) is 0.478. The fourth-order valence-corrected chi connectivity index (χ4v) is 5.46. The summed E-state index contributed by atoms with van der Waals surface area (Å²) in [6.07, 6.45) is 6.93. The van der Waals surface area contributed by atoms with Crippen LogP contribution in [0.1, 0.15) is 66.4 Å². The number of esters is 1. The van der Waals surface area contributed by atoms with Crippen molar-refractivity contribution in [3.05, 3.63) is 37.3 Å². The number of carbonyl (C=O) groups excluding carboxylic acids is 1. The van der Waals surface area contributed by atoms with E-state index in [4.69, 9.17) is 19.2 Å². The van der Waals surface area contributed by atoms with E-state index in [0.717, 1.165) is 63.3 Å². The summed E-state index contributed by atoms with van der Waals surface area (Å²) in [5, 5.41) is 0.736. The second-order valence-corrected chi connectivity index (χ2v) is 9.23. The van der Waals surface area contributed by atoms with E-state index in [1.165, 1.54) is 4.88 Å². The minimum Gasteiger partial charge on any atom is -0.490 e. The smallest absolute Gasteiger partial charge is 0.341 e. The van der Waals surface area contributed by atoms with Crippen LogP contribution in [-0.2, 0) is 17.6 Å². The van der Waals surface area contributed by atoms with E-state index in [1.54, 1.807) is 17.6 Å². The van der Waals surface area contributed by atoms with Crippen molar-refractivity contribution in [2.24, 2.45) is 4.99 Å². The van der Waals surface area contributed by atoms with Gasteiger partial charge in [-0.1, -0.05) is 6.92 Å². The predicted octanol–water partition coefficient (Wildman–Crippen LogP) is 6.35. The molecule has 1 aliphatic rings. The van der Waals surface area contributed by atoms with E-state index in [2.05, 4.69) is 29.5 Å². The zero-order valence-electron chi connectivity index (χ0n) is 17.8. The SMILES string of the molecule is CCCOc1c(I)cc(C=Nc2sc3c(c2C(=O)OCC)CCCC3)cc1OCC. The summed E-state index contributed by atoms with van der Waals surface area (Å²) < 4.78 is 18.0. The third kappa shape index (κ3) is 5.35. The first-order chi connectivity index (χ1) is 14.6. The van der Waals surface area contributed by atoms with Crippen molar-refractivity contribution < 1.29 is 19.0 Å². The van der Waals surface area contributed by atoms with Gasteiger partial charge in [0.1, 0.15) is 5.00 Å². The number of carbonyl (C=O) groups is 1. The van der Waals surface area contributed by atoms with Gasteiger partial charge in [0, 0.05) is 11.1 Å². The van der Waals surface area contributed by atoms with E-state index >= 15 is 0 Å². The van der Waals surface area contributed by atoms with E-state index in [9.17, 15) is 4.79 Å². The van der Waals surface area contributed by atoms with Crippen LogP contribution in [0, 0.1) is 3.57 Å². The van der Waals surface area contributed by atoms with Gasteiger partial charge in [-0.15, -0.1) is 11.3 Å². The highest BCUT2D eigenvalue weighted by molar-refractivity contribution is 14.1. The highest BCUT2D eigenvalue weighted by Crippen LogP contribution is 2.40. The molecular weight excluding hydrogens is 513 g/mol. The van der Waals surface area contributed by atoms with Crippen molar-refractivity contribution >= 4 is 51.1 Å². The van der Waals surface area contributed by atoms with Gasteiger partial charge in [-0.05, 0) is 91.8 Å². The van der Waals surface area contributed by atoms with Crippen LogP contribution in [0.25, 0.3) is 0 Å². The second kappa shape index (κ2) is 11.1. The Morgan fingerprint density at radius 1 is 1.17 bits per heavy atom. The number of thiophene rings is 1. The topological polar surface area (TPSA) is 57.1 Å². The number of nitrogens with zero attached hydrogens (tertiary/aromatic N) is 1. The van der Waals surface area contributed by atoms with Crippen LogP contribution in [0.4, 0.5) is 5.00 Å². The maximum absolute atomic E-state index is 12.6. The van der Waals surface area contributed by atoms with Crippen LogP contribution in [-0.4, -0.2) is 32.0 Å². The van der Waals surface area contributed by atoms with Gasteiger partial charge in [0.25, 0.3) is 0 Å². The lowest BCUT2D eigenvalue weighted by Gasteiger charge is -2.14. The Labute approximate surface area is 196 Å². The molecule has 0 saturated heterocycles. The molecule has 0 bridgehead atoms. The van der Waals surface area contributed by atoms with Crippen molar-refractivity contribution in [1.29, 1.82) is 0 Å². The van der Waals surface area contributed by atoms with Crippen LogP contribution in [0.5, 0.6) is 11.5 Å². The molecule has 1 aliphatic carbocycles. The van der Waals surface area contributed by atoms with Crippen LogP contribution in [0.2, 0.25) is 0 Å². The van der Waals surface area contributed by atoms with Gasteiger partial charge in [0.05, 0.1) is 29.0 Å². The molecule has 0 saturated carbocycles. The Morgan fingerprint density at radius 3 is 2.70 bits per heavy atom. The number of ether oxygens (including phenoxy) is 3. The molecule has 0 amide bonds. The summed E-state index contributed by atoms with van der Waals surface area (Å²) >= 11 is 3.88. The second-order valence-electron chi connectivity index (χ2n) is 6.98. The Bertz CT molecular complexity index is 922. The Kier molecular flexibility index (Phi) is 8.56. The molecule has 5 nitrogen and oxygen atoms in total. The molecular formula is C23H28INO4S. The van der Waals surface area contributed by atoms with Gasteiger partial charge >= 0.3 is 5.97 Å². The average Bonchev–Trinajstić information content (AvgIpc) is 3.10. The number of halogens is 1. The first-order valence-corrected chi connectivity index (χ1v) is 12.4. The van der Waals surface area contributed by atoms with Crippen molar-refractivity contribution in [2.75, 3.05) is 19.8 Å². The van der Waals surface area contributed by atoms with Crippen LogP contribution >= 0.6 is 33.9 Å². The molecule has 1 aromatic carbocycles. The molecule has 30 heavy (non-hydrogen) atoms. The average molecular weight is 541 g/mol. The quantitative estimate of drug-likeness (QED) is 0.211. The number of fused-ring (bicyclic) bond motifs is 1. The lowest BCUT2D eigenvalue weighted by Crippen LogP contribution is -2.09. The van der Waals surface area contributed by atoms with Gasteiger partial charge in [-0.3, -0.25) is 0 Å². The molecule has 0 fully saturated rings. The van der Waals surface area contributed by atoms with Crippen LogP contribution < -0.4 is 9.47 Å².